The maximum absolute atomic E-state index is 6.27. The molecule has 1 aromatic rings. The highest BCUT2D eigenvalue weighted by Crippen LogP contribution is 2.24. The van der Waals surface area contributed by atoms with Crippen LogP contribution in [0.5, 0.6) is 0 Å². The first-order valence-corrected chi connectivity index (χ1v) is 8.43. The van der Waals surface area contributed by atoms with E-state index in [2.05, 4.69) is 73.2 Å². The Morgan fingerprint density at radius 3 is 2.60 bits per heavy atom. The summed E-state index contributed by atoms with van der Waals surface area (Å²) in [7, 11) is 0. The minimum absolute atomic E-state index is 0.118. The fourth-order valence-electron chi connectivity index (χ4n) is 2.36. The Labute approximate surface area is 132 Å². The summed E-state index contributed by atoms with van der Waals surface area (Å²) < 4.78 is 7.37. The maximum atomic E-state index is 6.27. The van der Waals surface area contributed by atoms with Gasteiger partial charge >= 0.3 is 0 Å². The van der Waals surface area contributed by atoms with Gasteiger partial charge in [-0.05, 0) is 49.9 Å². The van der Waals surface area contributed by atoms with Crippen molar-refractivity contribution < 1.29 is 4.74 Å². The van der Waals surface area contributed by atoms with Crippen molar-refractivity contribution in [1.82, 2.24) is 5.32 Å². The second-order valence-corrected chi connectivity index (χ2v) is 6.74. The van der Waals surface area contributed by atoms with E-state index in [-0.39, 0.29) is 12.2 Å². The third-order valence-electron chi connectivity index (χ3n) is 3.18. The average Bonchev–Trinajstić information content (AvgIpc) is 2.37. The molecule has 1 N–H and O–H groups in total. The second kappa shape index (κ2) is 9.54. The quantitative estimate of drug-likeness (QED) is 0.642. The highest BCUT2D eigenvalue weighted by molar-refractivity contribution is 9.10. The van der Waals surface area contributed by atoms with Gasteiger partial charge in [0.1, 0.15) is 0 Å². The molecular formula is C17H28BrNO. The third kappa shape index (κ3) is 6.87. The molecule has 20 heavy (non-hydrogen) atoms. The Morgan fingerprint density at radius 2 is 2.00 bits per heavy atom. The van der Waals surface area contributed by atoms with E-state index in [1.807, 2.05) is 0 Å². The van der Waals surface area contributed by atoms with Crippen molar-refractivity contribution in [3.63, 3.8) is 0 Å². The van der Waals surface area contributed by atoms with Gasteiger partial charge in [0.25, 0.3) is 0 Å². The molecule has 0 aliphatic carbocycles. The SMILES string of the molecule is CCCNCC(OC(C)CC(C)C)c1cccc(Br)c1. The van der Waals surface area contributed by atoms with Gasteiger partial charge in [0, 0.05) is 11.0 Å². The molecule has 2 nitrogen and oxygen atoms in total. The van der Waals surface area contributed by atoms with Crippen molar-refractivity contribution in [2.24, 2.45) is 5.92 Å². The van der Waals surface area contributed by atoms with Crippen LogP contribution >= 0.6 is 15.9 Å². The Bertz CT molecular complexity index is 381. The van der Waals surface area contributed by atoms with Gasteiger partial charge in [-0.1, -0.05) is 48.8 Å². The minimum Gasteiger partial charge on any atom is -0.369 e. The second-order valence-electron chi connectivity index (χ2n) is 5.82. The van der Waals surface area contributed by atoms with Crippen LogP contribution in [0.1, 0.15) is 52.2 Å². The van der Waals surface area contributed by atoms with Gasteiger partial charge in [-0.2, -0.15) is 0 Å². The number of hydrogen-bond donors (Lipinski definition) is 1. The molecule has 0 saturated heterocycles. The molecule has 1 aromatic carbocycles. The molecule has 3 heteroatoms. The molecule has 0 aliphatic rings. The molecule has 0 saturated carbocycles. The van der Waals surface area contributed by atoms with Crippen molar-refractivity contribution in [2.45, 2.75) is 52.7 Å². The molecule has 0 spiro atoms. The predicted octanol–water partition coefficient (Wildman–Crippen LogP) is 4.94. The first-order chi connectivity index (χ1) is 9.52. The number of benzene rings is 1. The zero-order valence-electron chi connectivity index (χ0n) is 13.2. The van der Waals surface area contributed by atoms with E-state index in [1.165, 1.54) is 5.56 Å². The molecular weight excluding hydrogens is 314 g/mol. The van der Waals surface area contributed by atoms with Crippen molar-refractivity contribution in [2.75, 3.05) is 13.1 Å². The van der Waals surface area contributed by atoms with Crippen LogP contribution in [-0.2, 0) is 4.74 Å². The van der Waals surface area contributed by atoms with E-state index in [4.69, 9.17) is 4.74 Å². The van der Waals surface area contributed by atoms with Gasteiger partial charge in [0.15, 0.2) is 0 Å². The van der Waals surface area contributed by atoms with Crippen molar-refractivity contribution in [3.05, 3.63) is 34.3 Å². The number of rotatable bonds is 9. The van der Waals surface area contributed by atoms with Crippen LogP contribution in [0.15, 0.2) is 28.7 Å². The van der Waals surface area contributed by atoms with Gasteiger partial charge in [0.2, 0.25) is 0 Å². The van der Waals surface area contributed by atoms with E-state index < -0.39 is 0 Å². The minimum atomic E-state index is 0.118. The molecule has 0 amide bonds. The monoisotopic (exact) mass is 341 g/mol. The summed E-state index contributed by atoms with van der Waals surface area (Å²) in [5, 5.41) is 3.47. The van der Waals surface area contributed by atoms with Crippen LogP contribution in [0, 0.1) is 5.92 Å². The van der Waals surface area contributed by atoms with Crippen molar-refractivity contribution in [3.8, 4) is 0 Å². The van der Waals surface area contributed by atoms with E-state index in [1.54, 1.807) is 0 Å². The van der Waals surface area contributed by atoms with E-state index in [9.17, 15) is 0 Å². The zero-order chi connectivity index (χ0) is 15.0. The number of ether oxygens (including phenoxy) is 1. The molecule has 2 unspecified atom stereocenters. The Kier molecular flexibility index (Phi) is 8.43. The van der Waals surface area contributed by atoms with Crippen LogP contribution in [0.25, 0.3) is 0 Å². The van der Waals surface area contributed by atoms with Gasteiger partial charge in [-0.15, -0.1) is 0 Å². The number of hydrogen-bond acceptors (Lipinski definition) is 2. The molecule has 0 fully saturated rings. The van der Waals surface area contributed by atoms with Gasteiger partial charge in [0.05, 0.1) is 12.2 Å². The van der Waals surface area contributed by atoms with E-state index in [0.29, 0.717) is 5.92 Å². The Balaban J connectivity index is 2.69. The highest BCUT2D eigenvalue weighted by Gasteiger charge is 2.16. The molecule has 1 rings (SSSR count). The van der Waals surface area contributed by atoms with Crippen LogP contribution in [-0.4, -0.2) is 19.2 Å². The van der Waals surface area contributed by atoms with Crippen LogP contribution in [0.4, 0.5) is 0 Å². The normalized spacial score (nSPS) is 14.5. The topological polar surface area (TPSA) is 21.3 Å². The first-order valence-electron chi connectivity index (χ1n) is 7.64. The highest BCUT2D eigenvalue weighted by atomic mass is 79.9. The zero-order valence-corrected chi connectivity index (χ0v) is 14.7. The van der Waals surface area contributed by atoms with E-state index >= 15 is 0 Å². The van der Waals surface area contributed by atoms with Crippen molar-refractivity contribution in [1.29, 1.82) is 0 Å². The molecule has 114 valence electrons. The molecule has 0 heterocycles. The lowest BCUT2D eigenvalue weighted by atomic mass is 10.1. The molecule has 0 aromatic heterocycles. The fourth-order valence-corrected chi connectivity index (χ4v) is 2.78. The lowest BCUT2D eigenvalue weighted by Crippen LogP contribution is -2.27. The van der Waals surface area contributed by atoms with Crippen molar-refractivity contribution >= 4 is 15.9 Å². The standard InChI is InChI=1S/C17H28BrNO/c1-5-9-19-12-17(20-14(4)10-13(2)3)15-7-6-8-16(18)11-15/h6-8,11,13-14,17,19H,5,9-10,12H2,1-4H3. The molecule has 0 radical (unpaired) electrons. The lowest BCUT2D eigenvalue weighted by Gasteiger charge is -2.24. The lowest BCUT2D eigenvalue weighted by molar-refractivity contribution is -0.0125. The van der Waals surface area contributed by atoms with Crippen LogP contribution in [0.2, 0.25) is 0 Å². The van der Waals surface area contributed by atoms with Gasteiger partial charge in [-0.25, -0.2) is 0 Å². The molecule has 2 atom stereocenters. The van der Waals surface area contributed by atoms with Crippen LogP contribution < -0.4 is 5.32 Å². The van der Waals surface area contributed by atoms with E-state index in [0.717, 1.165) is 30.4 Å². The number of nitrogens with one attached hydrogen (secondary N) is 1. The summed E-state index contributed by atoms with van der Waals surface area (Å²) in [5.41, 5.74) is 1.23. The van der Waals surface area contributed by atoms with Gasteiger partial charge < -0.3 is 10.1 Å². The summed E-state index contributed by atoms with van der Waals surface area (Å²) >= 11 is 3.54. The predicted molar refractivity (Wildman–Crippen MR) is 90.0 cm³/mol. The molecule has 0 bridgehead atoms. The first kappa shape index (κ1) is 17.7. The Morgan fingerprint density at radius 1 is 1.25 bits per heavy atom. The third-order valence-corrected chi connectivity index (χ3v) is 3.67. The van der Waals surface area contributed by atoms with Crippen LogP contribution in [0.3, 0.4) is 0 Å². The Hall–Kier alpha value is -0.380. The largest absolute Gasteiger partial charge is 0.369 e. The summed E-state index contributed by atoms with van der Waals surface area (Å²) in [5.74, 6) is 0.664. The van der Waals surface area contributed by atoms with Gasteiger partial charge in [-0.3, -0.25) is 0 Å². The summed E-state index contributed by atoms with van der Waals surface area (Å²) in [6.07, 6.45) is 2.64. The number of halogens is 1. The summed E-state index contributed by atoms with van der Waals surface area (Å²) in [4.78, 5) is 0. The summed E-state index contributed by atoms with van der Waals surface area (Å²) in [6.45, 7) is 10.7. The molecule has 0 aliphatic heterocycles. The maximum Gasteiger partial charge on any atom is 0.0953 e. The smallest absolute Gasteiger partial charge is 0.0953 e. The average molecular weight is 342 g/mol. The summed E-state index contributed by atoms with van der Waals surface area (Å²) in [6, 6.07) is 8.42. The fraction of sp³-hybridized carbons (Fsp3) is 0.647.